The van der Waals surface area contributed by atoms with E-state index >= 15 is 0 Å². The van der Waals surface area contributed by atoms with Crippen LogP contribution in [0.15, 0.2) is 42.9 Å². The van der Waals surface area contributed by atoms with E-state index in [2.05, 4.69) is 15.0 Å². The summed E-state index contributed by atoms with van der Waals surface area (Å²) in [4.78, 5) is 24.2. The third kappa shape index (κ3) is 4.76. The number of methoxy groups -OCH3 is 1. The number of nitrogens with zero attached hydrogens (tertiary/aromatic N) is 3. The smallest absolute Gasteiger partial charge is 0.341 e. The van der Waals surface area contributed by atoms with E-state index < -0.39 is 12.6 Å². The zero-order valence-electron chi connectivity index (χ0n) is 18.8. The SMILES string of the molecule is CC[C@@H](N)COc1cncc(-c2cc3c(cnc4cc(OCC(=O)O)c(OC)cc43)c(N)n2)c1. The number of aliphatic carboxylic acids is 1. The minimum atomic E-state index is -1.09. The maximum atomic E-state index is 10.9. The van der Waals surface area contributed by atoms with Gasteiger partial charge in [-0.25, -0.2) is 9.78 Å². The van der Waals surface area contributed by atoms with Crippen LogP contribution in [0.1, 0.15) is 13.3 Å². The van der Waals surface area contributed by atoms with E-state index in [0.717, 1.165) is 22.8 Å². The maximum Gasteiger partial charge on any atom is 0.341 e. The summed E-state index contributed by atoms with van der Waals surface area (Å²) >= 11 is 0. The molecule has 5 N–H and O–H groups in total. The molecule has 0 saturated carbocycles. The number of rotatable bonds is 9. The number of benzene rings is 1. The van der Waals surface area contributed by atoms with E-state index in [-0.39, 0.29) is 11.8 Å². The predicted molar refractivity (Wildman–Crippen MR) is 128 cm³/mol. The lowest BCUT2D eigenvalue weighted by Gasteiger charge is -2.14. The van der Waals surface area contributed by atoms with Crippen LogP contribution in [-0.2, 0) is 4.79 Å². The lowest BCUT2D eigenvalue weighted by Crippen LogP contribution is -2.26. The van der Waals surface area contributed by atoms with E-state index in [0.29, 0.717) is 40.5 Å². The zero-order valence-corrected chi connectivity index (χ0v) is 18.8. The Labute approximate surface area is 195 Å². The van der Waals surface area contributed by atoms with E-state index in [1.807, 2.05) is 19.1 Å². The van der Waals surface area contributed by atoms with Crippen molar-refractivity contribution in [2.45, 2.75) is 19.4 Å². The monoisotopic (exact) mass is 463 g/mol. The number of pyridine rings is 3. The highest BCUT2D eigenvalue weighted by atomic mass is 16.5. The number of hydrogen-bond acceptors (Lipinski definition) is 9. The van der Waals surface area contributed by atoms with E-state index in [1.165, 1.54) is 7.11 Å². The first-order chi connectivity index (χ1) is 16.4. The summed E-state index contributed by atoms with van der Waals surface area (Å²) in [6, 6.07) is 7.06. The van der Waals surface area contributed by atoms with Crippen LogP contribution in [0.3, 0.4) is 0 Å². The normalized spacial score (nSPS) is 12.0. The molecule has 1 aromatic carbocycles. The minimum absolute atomic E-state index is 0.0590. The van der Waals surface area contributed by atoms with Crippen molar-refractivity contribution in [1.29, 1.82) is 0 Å². The summed E-state index contributed by atoms with van der Waals surface area (Å²) < 4.78 is 16.5. The average molecular weight is 463 g/mol. The molecule has 0 spiro atoms. The van der Waals surface area contributed by atoms with E-state index in [9.17, 15) is 4.79 Å². The highest BCUT2D eigenvalue weighted by Gasteiger charge is 2.15. The number of nitrogen functional groups attached to an aromatic ring is 1. The average Bonchev–Trinajstić information content (AvgIpc) is 2.85. The zero-order chi connectivity index (χ0) is 24.2. The lowest BCUT2D eigenvalue weighted by atomic mass is 10.0. The molecule has 1 atom stereocenters. The highest BCUT2D eigenvalue weighted by Crippen LogP contribution is 2.37. The van der Waals surface area contributed by atoms with Crippen molar-refractivity contribution in [3.63, 3.8) is 0 Å². The van der Waals surface area contributed by atoms with Crippen molar-refractivity contribution in [1.82, 2.24) is 15.0 Å². The Kier molecular flexibility index (Phi) is 6.60. The molecule has 3 heterocycles. The molecule has 4 rings (SSSR count). The molecule has 0 bridgehead atoms. The fourth-order valence-corrected chi connectivity index (χ4v) is 3.46. The summed E-state index contributed by atoms with van der Waals surface area (Å²) in [5.41, 5.74) is 14.2. The van der Waals surface area contributed by atoms with Crippen molar-refractivity contribution in [3.05, 3.63) is 42.9 Å². The molecule has 0 aliphatic rings. The highest BCUT2D eigenvalue weighted by molar-refractivity contribution is 6.10. The van der Waals surface area contributed by atoms with Crippen molar-refractivity contribution >= 4 is 33.5 Å². The molecule has 0 saturated heterocycles. The molecule has 0 aliphatic heterocycles. The number of ether oxygens (including phenoxy) is 3. The summed E-state index contributed by atoms with van der Waals surface area (Å²) in [5, 5.41) is 11.2. The van der Waals surface area contributed by atoms with E-state index in [1.54, 1.807) is 30.7 Å². The number of carboxylic acid groups (broad SMARTS) is 1. The number of fused-ring (bicyclic) bond motifs is 3. The first kappa shape index (κ1) is 23.0. The Morgan fingerprint density at radius 3 is 2.62 bits per heavy atom. The van der Waals surface area contributed by atoms with Crippen LogP contribution >= 0.6 is 0 Å². The van der Waals surface area contributed by atoms with Crippen molar-refractivity contribution in [3.8, 4) is 28.5 Å². The molecule has 0 amide bonds. The van der Waals surface area contributed by atoms with Gasteiger partial charge in [0.2, 0.25) is 0 Å². The van der Waals surface area contributed by atoms with Crippen LogP contribution in [0, 0.1) is 0 Å². The first-order valence-electron chi connectivity index (χ1n) is 10.6. The molecule has 0 fully saturated rings. The summed E-state index contributed by atoms with van der Waals surface area (Å²) in [5.74, 6) is 0.471. The Morgan fingerprint density at radius 2 is 1.88 bits per heavy atom. The number of carboxylic acids is 1. The molecular weight excluding hydrogens is 438 g/mol. The van der Waals surface area contributed by atoms with Gasteiger partial charge in [-0.05, 0) is 30.0 Å². The van der Waals surface area contributed by atoms with Crippen LogP contribution in [0.2, 0.25) is 0 Å². The number of carbonyl (C=O) groups is 1. The maximum absolute atomic E-state index is 10.9. The van der Waals surface area contributed by atoms with Gasteiger partial charge in [-0.3, -0.25) is 9.97 Å². The van der Waals surface area contributed by atoms with Gasteiger partial charge in [0.15, 0.2) is 18.1 Å². The molecule has 0 aliphatic carbocycles. The van der Waals surface area contributed by atoms with Gasteiger partial charge in [0, 0.05) is 40.8 Å². The second-order valence-corrected chi connectivity index (χ2v) is 7.70. The fourth-order valence-electron chi connectivity index (χ4n) is 3.46. The standard InChI is InChI=1S/C24H25N5O5/c1-3-14(25)11-33-15-4-13(8-27-9-15)19-5-16-17-6-21(32-2)22(34-12-23(30)31)7-20(17)28-10-18(16)24(26)29-19/h4-10,14H,3,11-12,25H2,1-2H3,(H2,26,29)(H,30,31)/t14-/m1/s1. The van der Waals surface area contributed by atoms with Crippen LogP contribution in [0.25, 0.3) is 32.9 Å². The number of nitrogens with two attached hydrogens (primary N) is 2. The summed E-state index contributed by atoms with van der Waals surface area (Å²) in [6.07, 6.45) is 5.74. The van der Waals surface area contributed by atoms with Gasteiger partial charge in [-0.1, -0.05) is 6.92 Å². The summed E-state index contributed by atoms with van der Waals surface area (Å²) in [6.45, 7) is 1.89. The molecule has 10 nitrogen and oxygen atoms in total. The third-order valence-electron chi connectivity index (χ3n) is 5.34. The molecule has 4 aromatic rings. The number of aromatic nitrogens is 3. The van der Waals surface area contributed by atoms with Gasteiger partial charge < -0.3 is 30.8 Å². The van der Waals surface area contributed by atoms with Crippen LogP contribution in [0.4, 0.5) is 5.82 Å². The van der Waals surface area contributed by atoms with Crippen LogP contribution in [0.5, 0.6) is 17.2 Å². The second kappa shape index (κ2) is 9.75. The first-order valence-corrected chi connectivity index (χ1v) is 10.6. The molecule has 0 radical (unpaired) electrons. The van der Waals surface area contributed by atoms with Crippen LogP contribution < -0.4 is 25.7 Å². The molecular formula is C24H25N5O5. The van der Waals surface area contributed by atoms with Crippen molar-refractivity contribution in [2.75, 3.05) is 26.1 Å². The lowest BCUT2D eigenvalue weighted by molar-refractivity contribution is -0.139. The third-order valence-corrected chi connectivity index (χ3v) is 5.34. The Balaban J connectivity index is 1.80. The largest absolute Gasteiger partial charge is 0.493 e. The van der Waals surface area contributed by atoms with Crippen molar-refractivity contribution in [2.24, 2.45) is 5.73 Å². The molecule has 3 aromatic heterocycles. The van der Waals surface area contributed by atoms with Gasteiger partial charge in [-0.15, -0.1) is 0 Å². The van der Waals surface area contributed by atoms with Gasteiger partial charge in [0.1, 0.15) is 18.2 Å². The Hall–Kier alpha value is -4.18. The summed E-state index contributed by atoms with van der Waals surface area (Å²) in [7, 11) is 1.48. The van der Waals surface area contributed by atoms with Crippen molar-refractivity contribution < 1.29 is 24.1 Å². The molecule has 10 heteroatoms. The van der Waals surface area contributed by atoms with Gasteiger partial charge >= 0.3 is 5.97 Å². The van der Waals surface area contributed by atoms with Gasteiger partial charge in [-0.2, -0.15) is 0 Å². The van der Waals surface area contributed by atoms with Gasteiger partial charge in [0.25, 0.3) is 0 Å². The van der Waals surface area contributed by atoms with Crippen LogP contribution in [-0.4, -0.2) is 52.4 Å². The molecule has 176 valence electrons. The number of anilines is 1. The Morgan fingerprint density at radius 1 is 1.06 bits per heavy atom. The van der Waals surface area contributed by atoms with Gasteiger partial charge in [0.05, 0.1) is 24.5 Å². The van der Waals surface area contributed by atoms with E-state index in [4.69, 9.17) is 30.8 Å². The number of hydrogen-bond donors (Lipinski definition) is 3. The topological polar surface area (TPSA) is 156 Å². The Bertz CT molecular complexity index is 1360. The quantitative estimate of drug-likeness (QED) is 0.315. The predicted octanol–water partition coefficient (Wildman–Crippen LogP) is 3.02. The molecule has 34 heavy (non-hydrogen) atoms. The minimum Gasteiger partial charge on any atom is -0.493 e. The second-order valence-electron chi connectivity index (χ2n) is 7.70. The fraction of sp³-hybridized carbons (Fsp3) is 0.250. The molecule has 0 unspecified atom stereocenters.